The summed E-state index contributed by atoms with van der Waals surface area (Å²) >= 11 is 17.1. The van der Waals surface area contributed by atoms with Gasteiger partial charge < -0.3 is 14.0 Å². The number of aryl methyl sites for hydroxylation is 1. The van der Waals surface area contributed by atoms with Gasteiger partial charge in [-0.25, -0.2) is 9.59 Å². The molecule has 0 unspecified atom stereocenters. The molecule has 55 heavy (non-hydrogen) atoms. The highest BCUT2D eigenvalue weighted by Gasteiger charge is 2.18. The van der Waals surface area contributed by atoms with Crippen molar-refractivity contribution in [2.24, 2.45) is 14.1 Å². The van der Waals surface area contributed by atoms with Gasteiger partial charge in [0.2, 0.25) is 0 Å². The van der Waals surface area contributed by atoms with Gasteiger partial charge in [0.25, 0.3) is 11.1 Å². The zero-order valence-corrected chi connectivity index (χ0v) is 33.2. The van der Waals surface area contributed by atoms with Crippen molar-refractivity contribution < 1.29 is 19.1 Å². The maximum atomic E-state index is 13.0. The first-order valence-electron chi connectivity index (χ1n) is 17.3. The van der Waals surface area contributed by atoms with Crippen LogP contribution < -0.4 is 22.5 Å². The number of esters is 2. The lowest BCUT2D eigenvalue weighted by atomic mass is 10.2. The third kappa shape index (κ3) is 11.2. The minimum atomic E-state index is -0.389. The fraction of sp³-hybridized carbons (Fsp3) is 0.333. The van der Waals surface area contributed by atoms with Crippen LogP contribution in [0.3, 0.4) is 0 Å². The molecule has 3 aromatic heterocycles. The van der Waals surface area contributed by atoms with Crippen molar-refractivity contribution in [2.45, 2.75) is 58.6 Å². The Morgan fingerprint density at radius 3 is 1.75 bits per heavy atom. The molecule has 0 fully saturated rings. The molecule has 0 amide bonds. The first kappa shape index (κ1) is 42.6. The van der Waals surface area contributed by atoms with Crippen LogP contribution in [0, 0.1) is 0 Å². The van der Waals surface area contributed by atoms with Crippen LogP contribution in [-0.4, -0.2) is 48.0 Å². The second-order valence-electron chi connectivity index (χ2n) is 12.5. The molecule has 2 aromatic carbocycles. The molecule has 16 heteroatoms. The number of hydrogen-bond acceptors (Lipinski definition) is 8. The molecule has 0 bridgehead atoms. The lowest BCUT2D eigenvalue weighted by molar-refractivity contribution is -0.142. The Morgan fingerprint density at radius 1 is 0.709 bits per heavy atom. The first-order chi connectivity index (χ1) is 26.2. The molecule has 292 valence electrons. The minimum absolute atomic E-state index is 0.161. The van der Waals surface area contributed by atoms with Gasteiger partial charge >= 0.3 is 23.3 Å². The molecule has 0 N–H and O–H groups in total. The Morgan fingerprint density at radius 2 is 1.22 bits per heavy atom. The lowest BCUT2D eigenvalue weighted by Crippen LogP contribution is -2.41. The molecule has 6 rings (SSSR count). The standard InChI is InChI=1S/C19H20ClN3O4.C13H16N2O4.C7H6Cl2/c1-13(24)27-11-3-9-23-18(25)17-16(21(2)19(23)26)8-10-22(17)12-14-4-6-15(20)7-5-14;1-9(16)19-8-4-7-15-12(17)10-5-3-6-11(10)14(2)13(15)18;8-5-6-1-3-7(9)4-2-6/h4-8,10H,3,9,11-12H2,1-2H3;3,6H,4-5,7-8H2,1-2H3;1-4H,5H2. The van der Waals surface area contributed by atoms with E-state index in [1.165, 1.54) is 32.1 Å². The van der Waals surface area contributed by atoms with Gasteiger partial charge in [-0.2, -0.15) is 0 Å². The van der Waals surface area contributed by atoms with E-state index in [0.29, 0.717) is 59.0 Å². The van der Waals surface area contributed by atoms with E-state index in [-0.39, 0.29) is 60.7 Å². The van der Waals surface area contributed by atoms with Crippen molar-refractivity contribution in [3.05, 3.63) is 141 Å². The van der Waals surface area contributed by atoms with Gasteiger partial charge in [0.1, 0.15) is 5.52 Å². The Bertz CT molecular complexity index is 2410. The molecule has 3 heterocycles. The van der Waals surface area contributed by atoms with E-state index in [0.717, 1.165) is 16.1 Å². The monoisotopic (exact) mass is 813 g/mol. The summed E-state index contributed by atoms with van der Waals surface area (Å²) in [6.45, 7) is 3.94. The van der Waals surface area contributed by atoms with Gasteiger partial charge in [-0.15, -0.1) is 11.6 Å². The van der Waals surface area contributed by atoms with Crippen LogP contribution in [-0.2, 0) is 65.1 Å². The molecule has 0 saturated heterocycles. The number of aromatic nitrogens is 5. The molecule has 1 aliphatic rings. The van der Waals surface area contributed by atoms with Crippen LogP contribution in [0.15, 0.2) is 86.0 Å². The number of allylic oxidation sites excluding steroid dienone is 1. The summed E-state index contributed by atoms with van der Waals surface area (Å²) in [4.78, 5) is 71.2. The first-order valence-corrected chi connectivity index (χ1v) is 18.6. The Balaban J connectivity index is 0.000000207. The number of hydrogen-bond donors (Lipinski definition) is 0. The number of rotatable bonds is 11. The third-order valence-corrected chi connectivity index (χ3v) is 9.37. The van der Waals surface area contributed by atoms with Gasteiger partial charge in [-0.3, -0.25) is 37.4 Å². The van der Waals surface area contributed by atoms with Gasteiger partial charge in [0.15, 0.2) is 0 Å². The number of ether oxygens (including phenoxy) is 2. The van der Waals surface area contributed by atoms with Crippen molar-refractivity contribution in [1.82, 2.24) is 22.8 Å². The predicted molar refractivity (Wildman–Crippen MR) is 214 cm³/mol. The van der Waals surface area contributed by atoms with Crippen LogP contribution in [0.1, 0.15) is 49.1 Å². The van der Waals surface area contributed by atoms with Crippen LogP contribution in [0.25, 0.3) is 17.1 Å². The summed E-state index contributed by atoms with van der Waals surface area (Å²) in [6, 6.07) is 16.6. The van der Waals surface area contributed by atoms with Gasteiger partial charge in [0.05, 0.1) is 24.4 Å². The van der Waals surface area contributed by atoms with Crippen molar-refractivity contribution in [1.29, 1.82) is 0 Å². The Hall–Kier alpha value is -5.11. The summed E-state index contributed by atoms with van der Waals surface area (Å²) in [5, 5.41) is 1.40. The molecular weight excluding hydrogens is 773 g/mol. The average molecular weight is 815 g/mol. The zero-order chi connectivity index (χ0) is 40.2. The second kappa shape index (κ2) is 20.0. The fourth-order valence-electron chi connectivity index (χ4n) is 5.76. The average Bonchev–Trinajstić information content (AvgIpc) is 3.83. The minimum Gasteiger partial charge on any atom is -0.466 e. The highest BCUT2D eigenvalue weighted by molar-refractivity contribution is 6.30. The molecule has 0 aliphatic heterocycles. The van der Waals surface area contributed by atoms with Crippen LogP contribution in [0.5, 0.6) is 0 Å². The summed E-state index contributed by atoms with van der Waals surface area (Å²) in [5.74, 6) is -0.196. The van der Waals surface area contributed by atoms with Gasteiger partial charge in [0, 0.05) is 75.3 Å². The number of halogens is 3. The lowest BCUT2D eigenvalue weighted by Gasteiger charge is -2.11. The smallest absolute Gasteiger partial charge is 0.331 e. The SMILES string of the molecule is CC(=O)OCCCn1c(=O)c2c(ccn2Cc2ccc(Cl)cc2)n(C)c1=O.CC(=O)OCCCn1c(=O)c2c(n(C)c1=O)C=CC2.ClCc1ccc(Cl)cc1. The largest absolute Gasteiger partial charge is 0.466 e. The summed E-state index contributed by atoms with van der Waals surface area (Å²) < 4.78 is 16.8. The number of nitrogens with zero attached hydrogens (tertiary/aromatic N) is 5. The number of fused-ring (bicyclic) bond motifs is 2. The van der Waals surface area contributed by atoms with E-state index in [9.17, 15) is 28.8 Å². The van der Waals surface area contributed by atoms with E-state index in [4.69, 9.17) is 44.3 Å². The second-order valence-corrected chi connectivity index (χ2v) is 13.7. The third-order valence-electron chi connectivity index (χ3n) is 8.55. The molecule has 13 nitrogen and oxygen atoms in total. The summed E-state index contributed by atoms with van der Waals surface area (Å²) in [7, 11) is 3.29. The Labute approximate surface area is 331 Å². The number of benzene rings is 2. The maximum Gasteiger partial charge on any atom is 0.331 e. The van der Waals surface area contributed by atoms with E-state index in [1.807, 2.05) is 47.0 Å². The van der Waals surface area contributed by atoms with E-state index in [1.54, 1.807) is 44.6 Å². The molecular formula is C39H42Cl3N5O8. The number of alkyl halides is 1. The zero-order valence-electron chi connectivity index (χ0n) is 30.9. The van der Waals surface area contributed by atoms with Crippen LogP contribution >= 0.6 is 34.8 Å². The van der Waals surface area contributed by atoms with E-state index < -0.39 is 0 Å². The van der Waals surface area contributed by atoms with Crippen molar-refractivity contribution in [2.75, 3.05) is 13.2 Å². The predicted octanol–water partition coefficient (Wildman–Crippen LogP) is 5.30. The molecule has 0 atom stereocenters. The maximum absolute atomic E-state index is 13.0. The quantitative estimate of drug-likeness (QED) is 0.0993. The molecule has 0 spiro atoms. The van der Waals surface area contributed by atoms with E-state index in [2.05, 4.69) is 0 Å². The normalized spacial score (nSPS) is 11.3. The molecule has 1 aliphatic carbocycles. The van der Waals surface area contributed by atoms with Crippen molar-refractivity contribution in [3.63, 3.8) is 0 Å². The number of carbonyl (C=O) groups is 2. The number of carbonyl (C=O) groups excluding carboxylic acids is 2. The van der Waals surface area contributed by atoms with Crippen molar-refractivity contribution >= 4 is 63.9 Å². The highest BCUT2D eigenvalue weighted by atomic mass is 35.5. The summed E-state index contributed by atoms with van der Waals surface area (Å²) in [6.07, 6.45) is 6.85. The van der Waals surface area contributed by atoms with Gasteiger partial charge in [-0.1, -0.05) is 53.5 Å². The molecule has 0 radical (unpaired) electrons. The highest BCUT2D eigenvalue weighted by Crippen LogP contribution is 2.16. The van der Waals surface area contributed by atoms with Crippen molar-refractivity contribution in [3.8, 4) is 0 Å². The van der Waals surface area contributed by atoms with E-state index >= 15 is 0 Å². The topological polar surface area (TPSA) is 146 Å². The van der Waals surface area contributed by atoms with Gasteiger partial charge in [-0.05, 0) is 66.8 Å². The summed E-state index contributed by atoms with van der Waals surface area (Å²) in [5.41, 5.74) is 3.14. The van der Waals surface area contributed by atoms with Crippen LogP contribution in [0.2, 0.25) is 10.0 Å². The molecule has 0 saturated carbocycles. The fourth-order valence-corrected chi connectivity index (χ4v) is 6.20. The van der Waals surface area contributed by atoms with Crippen LogP contribution in [0.4, 0.5) is 0 Å². The molecule has 5 aromatic rings. The Kier molecular flexibility index (Phi) is 15.5.